The van der Waals surface area contributed by atoms with Gasteiger partial charge in [0.05, 0.1) is 0 Å². The number of sulfonamides is 1. The van der Waals surface area contributed by atoms with Gasteiger partial charge in [-0.3, -0.25) is 0 Å². The molecule has 2 rings (SSSR count). The Morgan fingerprint density at radius 2 is 2.28 bits per heavy atom. The molecule has 1 fully saturated rings. The average molecular weight is 288 g/mol. The molecule has 6 heteroatoms. The first kappa shape index (κ1) is 14.0. The van der Waals surface area contributed by atoms with Crippen molar-refractivity contribution in [2.45, 2.75) is 30.4 Å². The van der Waals surface area contributed by atoms with Gasteiger partial charge in [-0.1, -0.05) is 13.3 Å². The molecular formula is C12H20N2O2S2. The molecule has 102 valence electrons. The highest BCUT2D eigenvalue weighted by molar-refractivity contribution is 7.91. The van der Waals surface area contributed by atoms with Crippen LogP contribution in [0.4, 0.5) is 0 Å². The molecule has 1 aliphatic heterocycles. The fraction of sp³-hybridized carbons (Fsp3) is 0.667. The third-order valence-corrected chi connectivity index (χ3v) is 6.93. The molecule has 1 unspecified atom stereocenters. The van der Waals surface area contributed by atoms with E-state index in [4.69, 9.17) is 5.73 Å². The average Bonchev–Trinajstić information content (AvgIpc) is 2.98. The summed E-state index contributed by atoms with van der Waals surface area (Å²) < 4.78 is 26.9. The lowest BCUT2D eigenvalue weighted by Crippen LogP contribution is -2.28. The molecule has 1 aliphatic rings. The van der Waals surface area contributed by atoms with Crippen LogP contribution in [0.15, 0.2) is 16.3 Å². The Balaban J connectivity index is 2.15. The van der Waals surface area contributed by atoms with Gasteiger partial charge in [0.1, 0.15) is 4.21 Å². The normalized spacial score (nSPS) is 21.6. The van der Waals surface area contributed by atoms with Crippen LogP contribution in [0.2, 0.25) is 0 Å². The number of thiophene rings is 1. The van der Waals surface area contributed by atoms with Crippen molar-refractivity contribution in [3.63, 3.8) is 0 Å². The summed E-state index contributed by atoms with van der Waals surface area (Å²) in [6.07, 6.45) is 2.78. The van der Waals surface area contributed by atoms with Crippen LogP contribution in [0.25, 0.3) is 0 Å². The quantitative estimate of drug-likeness (QED) is 0.896. The zero-order valence-electron chi connectivity index (χ0n) is 10.6. The van der Waals surface area contributed by atoms with Crippen LogP contribution in [-0.4, -0.2) is 32.4 Å². The largest absolute Gasteiger partial charge is 0.330 e. The summed E-state index contributed by atoms with van der Waals surface area (Å²) in [5.74, 6) is 0.517. The Bertz CT molecular complexity index is 496. The first-order valence-corrected chi connectivity index (χ1v) is 8.62. The molecule has 0 amide bonds. The van der Waals surface area contributed by atoms with E-state index in [-0.39, 0.29) is 0 Å². The molecule has 1 aromatic rings. The number of rotatable bonds is 5. The van der Waals surface area contributed by atoms with E-state index in [1.54, 1.807) is 10.4 Å². The van der Waals surface area contributed by atoms with E-state index < -0.39 is 10.0 Å². The van der Waals surface area contributed by atoms with Gasteiger partial charge in [0.15, 0.2) is 0 Å². The fourth-order valence-electron chi connectivity index (χ4n) is 2.25. The summed E-state index contributed by atoms with van der Waals surface area (Å²) in [7, 11) is -3.27. The van der Waals surface area contributed by atoms with E-state index in [0.29, 0.717) is 29.8 Å². The van der Waals surface area contributed by atoms with E-state index in [0.717, 1.165) is 24.1 Å². The van der Waals surface area contributed by atoms with E-state index in [1.165, 1.54) is 11.3 Å². The van der Waals surface area contributed by atoms with Crippen molar-refractivity contribution in [3.8, 4) is 0 Å². The third kappa shape index (κ3) is 2.77. The van der Waals surface area contributed by atoms with Crippen LogP contribution < -0.4 is 5.73 Å². The van der Waals surface area contributed by atoms with Gasteiger partial charge >= 0.3 is 0 Å². The molecule has 1 aromatic heterocycles. The maximum absolute atomic E-state index is 12.4. The molecule has 4 nitrogen and oxygen atoms in total. The van der Waals surface area contributed by atoms with Crippen LogP contribution in [0.5, 0.6) is 0 Å². The molecule has 0 bridgehead atoms. The lowest BCUT2D eigenvalue weighted by molar-refractivity contribution is 0.454. The zero-order valence-corrected chi connectivity index (χ0v) is 12.3. The molecule has 18 heavy (non-hydrogen) atoms. The number of nitrogens with zero attached hydrogens (tertiary/aromatic N) is 1. The maximum atomic E-state index is 12.4. The lowest BCUT2D eigenvalue weighted by atomic mass is 10.1. The standard InChI is InChI=1S/C12H20N2O2S2/c1-2-10-6-8-14(9-10)18(15,16)12-4-3-11(17-12)5-7-13/h3-4,10H,2,5-9,13H2,1H3. The van der Waals surface area contributed by atoms with Gasteiger partial charge < -0.3 is 5.73 Å². The second-order valence-electron chi connectivity index (χ2n) is 4.69. The Morgan fingerprint density at radius 1 is 1.50 bits per heavy atom. The lowest BCUT2D eigenvalue weighted by Gasteiger charge is -2.14. The first-order chi connectivity index (χ1) is 8.57. The smallest absolute Gasteiger partial charge is 0.252 e. The Hall–Kier alpha value is -0.430. The highest BCUT2D eigenvalue weighted by Gasteiger charge is 2.32. The summed E-state index contributed by atoms with van der Waals surface area (Å²) in [5, 5.41) is 0. The van der Waals surface area contributed by atoms with Crippen molar-refractivity contribution in [1.29, 1.82) is 0 Å². The minimum atomic E-state index is -3.27. The van der Waals surface area contributed by atoms with Gasteiger partial charge in [-0.05, 0) is 37.4 Å². The summed E-state index contributed by atoms with van der Waals surface area (Å²) in [6.45, 7) is 4.00. The van der Waals surface area contributed by atoms with E-state index in [2.05, 4.69) is 6.92 Å². The van der Waals surface area contributed by atoms with Crippen LogP contribution in [0, 0.1) is 5.92 Å². The van der Waals surface area contributed by atoms with E-state index in [9.17, 15) is 8.42 Å². The first-order valence-electron chi connectivity index (χ1n) is 6.37. The molecule has 1 saturated heterocycles. The van der Waals surface area contributed by atoms with Crippen molar-refractivity contribution < 1.29 is 8.42 Å². The zero-order chi connectivity index (χ0) is 13.2. The summed E-state index contributed by atoms with van der Waals surface area (Å²) >= 11 is 1.35. The SMILES string of the molecule is CCC1CCN(S(=O)(=O)c2ccc(CCN)s2)C1. The van der Waals surface area contributed by atoms with Crippen molar-refractivity contribution in [3.05, 3.63) is 17.0 Å². The second-order valence-corrected chi connectivity index (χ2v) is 8.02. The Kier molecular flexibility index (Phi) is 4.42. The molecule has 0 aliphatic carbocycles. The molecule has 0 aromatic carbocycles. The predicted molar refractivity (Wildman–Crippen MR) is 74.2 cm³/mol. The van der Waals surface area contributed by atoms with Crippen LogP contribution in [0.1, 0.15) is 24.6 Å². The van der Waals surface area contributed by atoms with Gasteiger partial charge in [-0.25, -0.2) is 8.42 Å². The molecule has 0 saturated carbocycles. The maximum Gasteiger partial charge on any atom is 0.252 e. The Labute approximate surface area is 113 Å². The highest BCUT2D eigenvalue weighted by Crippen LogP contribution is 2.29. The van der Waals surface area contributed by atoms with Gasteiger partial charge in [0, 0.05) is 18.0 Å². The predicted octanol–water partition coefficient (Wildman–Crippen LogP) is 1.67. The summed E-state index contributed by atoms with van der Waals surface area (Å²) in [5.41, 5.74) is 5.48. The van der Waals surface area contributed by atoms with Gasteiger partial charge in [0.25, 0.3) is 10.0 Å². The second kappa shape index (κ2) is 5.69. The highest BCUT2D eigenvalue weighted by atomic mass is 32.2. The minimum Gasteiger partial charge on any atom is -0.330 e. The van der Waals surface area contributed by atoms with Gasteiger partial charge in [-0.15, -0.1) is 11.3 Å². The van der Waals surface area contributed by atoms with Crippen molar-refractivity contribution in [1.82, 2.24) is 4.31 Å². The van der Waals surface area contributed by atoms with Crippen LogP contribution in [0.3, 0.4) is 0 Å². The van der Waals surface area contributed by atoms with Gasteiger partial charge in [0.2, 0.25) is 0 Å². The molecular weight excluding hydrogens is 268 g/mol. The van der Waals surface area contributed by atoms with Crippen molar-refractivity contribution >= 4 is 21.4 Å². The molecule has 0 radical (unpaired) electrons. The monoisotopic (exact) mass is 288 g/mol. The van der Waals surface area contributed by atoms with Crippen molar-refractivity contribution in [2.75, 3.05) is 19.6 Å². The van der Waals surface area contributed by atoms with Gasteiger partial charge in [-0.2, -0.15) is 4.31 Å². The topological polar surface area (TPSA) is 63.4 Å². The summed E-state index contributed by atoms with van der Waals surface area (Å²) in [6, 6.07) is 3.59. The Morgan fingerprint density at radius 3 is 2.89 bits per heavy atom. The number of nitrogens with two attached hydrogens (primary N) is 1. The summed E-state index contributed by atoms with van der Waals surface area (Å²) in [4.78, 5) is 1.04. The number of hydrogen-bond acceptors (Lipinski definition) is 4. The minimum absolute atomic E-state index is 0.461. The molecule has 2 N–H and O–H groups in total. The van der Waals surface area contributed by atoms with Crippen molar-refractivity contribution in [2.24, 2.45) is 11.7 Å². The molecule has 0 spiro atoms. The molecule has 1 atom stereocenters. The molecule has 2 heterocycles. The van der Waals surface area contributed by atoms with Crippen LogP contribution in [-0.2, 0) is 16.4 Å². The van der Waals surface area contributed by atoms with E-state index in [1.807, 2.05) is 6.07 Å². The van der Waals surface area contributed by atoms with Crippen LogP contribution >= 0.6 is 11.3 Å². The fourth-order valence-corrected chi connectivity index (χ4v) is 5.31. The van der Waals surface area contributed by atoms with E-state index >= 15 is 0 Å². The number of hydrogen-bond donors (Lipinski definition) is 1. The third-order valence-electron chi connectivity index (χ3n) is 3.45.